The van der Waals surface area contributed by atoms with E-state index in [2.05, 4.69) is 53.0 Å². The van der Waals surface area contributed by atoms with Crippen molar-refractivity contribution in [2.24, 2.45) is 0 Å². The van der Waals surface area contributed by atoms with Crippen molar-refractivity contribution in [2.45, 2.75) is 18.9 Å². The van der Waals surface area contributed by atoms with E-state index in [1.807, 2.05) is 30.3 Å². The van der Waals surface area contributed by atoms with Crippen molar-refractivity contribution in [1.29, 1.82) is 0 Å². The lowest BCUT2D eigenvalue weighted by Gasteiger charge is -2.48. The average molecular weight is 399 g/mol. The highest BCUT2D eigenvalue weighted by molar-refractivity contribution is 5.86. The number of ether oxygens (including phenoxy) is 1. The van der Waals surface area contributed by atoms with Crippen LogP contribution in [0, 0.1) is 0 Å². The molecule has 0 saturated heterocycles. The number of phenolic OH excluding ortho intramolecular Hbond substituents is 1. The summed E-state index contributed by atoms with van der Waals surface area (Å²) in [5.41, 5.74) is 5.20. The highest BCUT2D eigenvalue weighted by Crippen LogP contribution is 2.44. The third kappa shape index (κ3) is 3.57. The highest BCUT2D eigenvalue weighted by atomic mass is 16.5. The van der Waals surface area contributed by atoms with Gasteiger partial charge in [-0.1, -0.05) is 48.5 Å². The van der Waals surface area contributed by atoms with Crippen LogP contribution in [0.1, 0.15) is 29.2 Å². The molecule has 1 unspecified atom stereocenters. The Balaban J connectivity index is 1.80. The molecule has 0 fully saturated rings. The summed E-state index contributed by atoms with van der Waals surface area (Å²) in [6, 6.07) is 24.3. The van der Waals surface area contributed by atoms with Crippen molar-refractivity contribution in [3.8, 4) is 5.75 Å². The first-order valence-electron chi connectivity index (χ1n) is 10.0. The van der Waals surface area contributed by atoms with Gasteiger partial charge in [-0.25, -0.2) is 4.79 Å². The largest absolute Gasteiger partial charge is 0.508 e. The molecule has 0 radical (unpaired) electrons. The molecule has 1 atom stereocenters. The number of aromatic hydroxyl groups is 1. The van der Waals surface area contributed by atoms with Gasteiger partial charge >= 0.3 is 5.97 Å². The zero-order valence-electron chi connectivity index (χ0n) is 17.2. The predicted molar refractivity (Wildman–Crippen MR) is 120 cm³/mol. The molecule has 30 heavy (non-hydrogen) atoms. The second-order valence-corrected chi connectivity index (χ2v) is 7.63. The van der Waals surface area contributed by atoms with E-state index in [1.54, 1.807) is 12.1 Å². The first-order valence-corrected chi connectivity index (χ1v) is 10.0. The van der Waals surface area contributed by atoms with E-state index in [1.165, 1.54) is 24.3 Å². The van der Waals surface area contributed by atoms with Gasteiger partial charge in [-0.15, -0.1) is 0 Å². The number of phenols is 1. The summed E-state index contributed by atoms with van der Waals surface area (Å²) < 4.78 is 4.67. The molecule has 3 aromatic rings. The average Bonchev–Trinajstić information content (AvgIpc) is 2.78. The maximum atomic E-state index is 11.4. The molecule has 0 aromatic heterocycles. The molecule has 152 valence electrons. The second-order valence-electron chi connectivity index (χ2n) is 7.63. The standard InChI is InChI=1S/C26H25NO3/c1-26(21-11-8-19(9-12-21)10-15-25(29)30-2)24-14-13-23(28)18-20(24)16-17-27(26)22-6-4-3-5-7-22/h3-15,18,28H,16-17H2,1-2H3. The molecule has 3 aromatic carbocycles. The smallest absolute Gasteiger partial charge is 0.330 e. The molecular formula is C26H25NO3. The Morgan fingerprint density at radius 1 is 1.07 bits per heavy atom. The van der Waals surface area contributed by atoms with E-state index in [0.717, 1.165) is 29.8 Å². The molecule has 0 bridgehead atoms. The molecule has 4 nitrogen and oxygen atoms in total. The van der Waals surface area contributed by atoms with Gasteiger partial charge in [0.05, 0.1) is 12.6 Å². The van der Waals surface area contributed by atoms with Gasteiger partial charge in [-0.3, -0.25) is 0 Å². The fourth-order valence-corrected chi connectivity index (χ4v) is 4.32. The van der Waals surface area contributed by atoms with Gasteiger partial charge in [-0.05, 0) is 65.9 Å². The fourth-order valence-electron chi connectivity index (χ4n) is 4.32. The third-order valence-corrected chi connectivity index (χ3v) is 5.91. The summed E-state index contributed by atoms with van der Waals surface area (Å²) in [4.78, 5) is 13.8. The lowest BCUT2D eigenvalue weighted by Crippen LogP contribution is -2.49. The number of benzene rings is 3. The number of rotatable bonds is 4. The van der Waals surface area contributed by atoms with Crippen LogP contribution in [0.2, 0.25) is 0 Å². The van der Waals surface area contributed by atoms with Crippen LogP contribution in [0.3, 0.4) is 0 Å². The molecule has 0 saturated carbocycles. The van der Waals surface area contributed by atoms with Crippen LogP contribution >= 0.6 is 0 Å². The molecule has 0 spiro atoms. The normalized spacial score (nSPS) is 18.3. The Morgan fingerprint density at radius 3 is 2.50 bits per heavy atom. The Kier molecular flexibility index (Phi) is 5.32. The zero-order valence-corrected chi connectivity index (χ0v) is 17.2. The number of fused-ring (bicyclic) bond motifs is 1. The number of esters is 1. The first kappa shape index (κ1) is 19.8. The van der Waals surface area contributed by atoms with Crippen LogP contribution in [0.25, 0.3) is 6.08 Å². The first-order chi connectivity index (χ1) is 14.5. The maximum absolute atomic E-state index is 11.4. The van der Waals surface area contributed by atoms with E-state index in [4.69, 9.17) is 0 Å². The number of carbonyl (C=O) groups is 1. The number of para-hydroxylation sites is 1. The highest BCUT2D eigenvalue weighted by Gasteiger charge is 2.40. The SMILES string of the molecule is COC(=O)C=Cc1ccc(C2(C)c3ccc(O)cc3CCN2c2ccccc2)cc1. The quantitative estimate of drug-likeness (QED) is 0.501. The van der Waals surface area contributed by atoms with Gasteiger partial charge in [0.25, 0.3) is 0 Å². The number of nitrogens with zero attached hydrogens (tertiary/aromatic N) is 1. The maximum Gasteiger partial charge on any atom is 0.330 e. The summed E-state index contributed by atoms with van der Waals surface area (Å²) in [6.45, 7) is 3.08. The van der Waals surface area contributed by atoms with Crippen molar-refractivity contribution >= 4 is 17.7 Å². The predicted octanol–water partition coefficient (Wildman–Crippen LogP) is 4.90. The molecular weight excluding hydrogens is 374 g/mol. The van der Waals surface area contributed by atoms with Crippen LogP contribution in [-0.2, 0) is 21.5 Å². The van der Waals surface area contributed by atoms with Gasteiger partial charge in [0.15, 0.2) is 0 Å². The van der Waals surface area contributed by atoms with E-state index in [0.29, 0.717) is 5.75 Å². The van der Waals surface area contributed by atoms with E-state index >= 15 is 0 Å². The molecule has 1 aliphatic heterocycles. The minimum absolute atomic E-state index is 0.299. The summed E-state index contributed by atoms with van der Waals surface area (Å²) in [7, 11) is 1.37. The number of anilines is 1. The molecule has 4 heteroatoms. The number of hydrogen-bond donors (Lipinski definition) is 1. The summed E-state index contributed by atoms with van der Waals surface area (Å²) in [6.07, 6.45) is 4.04. The number of carbonyl (C=O) groups excluding carboxylic acids is 1. The summed E-state index contributed by atoms with van der Waals surface area (Å²) in [5, 5.41) is 10.0. The lowest BCUT2D eigenvalue weighted by atomic mass is 9.76. The van der Waals surface area contributed by atoms with Crippen LogP contribution in [0.15, 0.2) is 78.9 Å². The van der Waals surface area contributed by atoms with Gasteiger partial charge in [0.1, 0.15) is 5.75 Å². The molecule has 1 N–H and O–H groups in total. The number of hydrogen-bond acceptors (Lipinski definition) is 4. The molecule has 1 aliphatic rings. The summed E-state index contributed by atoms with van der Waals surface area (Å²) in [5.74, 6) is -0.0742. The number of methoxy groups -OCH3 is 1. The topological polar surface area (TPSA) is 49.8 Å². The molecule has 0 amide bonds. The van der Waals surface area contributed by atoms with E-state index < -0.39 is 5.54 Å². The molecule has 1 heterocycles. The van der Waals surface area contributed by atoms with Gasteiger partial charge < -0.3 is 14.7 Å². The van der Waals surface area contributed by atoms with E-state index in [9.17, 15) is 9.90 Å². The van der Waals surface area contributed by atoms with Crippen LogP contribution < -0.4 is 4.90 Å². The second kappa shape index (κ2) is 8.07. The monoisotopic (exact) mass is 399 g/mol. The zero-order chi connectivity index (χ0) is 21.1. The molecule has 4 rings (SSSR count). The van der Waals surface area contributed by atoms with Gasteiger partial charge in [0, 0.05) is 18.3 Å². The van der Waals surface area contributed by atoms with Crippen molar-refractivity contribution in [3.63, 3.8) is 0 Å². The van der Waals surface area contributed by atoms with Gasteiger partial charge in [-0.2, -0.15) is 0 Å². The minimum Gasteiger partial charge on any atom is -0.508 e. The van der Waals surface area contributed by atoms with Crippen molar-refractivity contribution < 1.29 is 14.6 Å². The van der Waals surface area contributed by atoms with E-state index in [-0.39, 0.29) is 5.97 Å². The van der Waals surface area contributed by atoms with Crippen LogP contribution in [0.4, 0.5) is 5.69 Å². The van der Waals surface area contributed by atoms with Gasteiger partial charge in [0.2, 0.25) is 0 Å². The van der Waals surface area contributed by atoms with Crippen LogP contribution in [-0.4, -0.2) is 24.7 Å². The fraction of sp³-hybridized carbons (Fsp3) is 0.192. The Labute approximate surface area is 177 Å². The van der Waals surface area contributed by atoms with Crippen molar-refractivity contribution in [3.05, 3.63) is 101 Å². The van der Waals surface area contributed by atoms with Crippen molar-refractivity contribution in [2.75, 3.05) is 18.6 Å². The van der Waals surface area contributed by atoms with Crippen molar-refractivity contribution in [1.82, 2.24) is 0 Å². The van der Waals surface area contributed by atoms with Crippen LogP contribution in [0.5, 0.6) is 5.75 Å². The summed E-state index contributed by atoms with van der Waals surface area (Å²) >= 11 is 0. The minimum atomic E-state index is -0.396. The Hall–Kier alpha value is -3.53. The molecule has 0 aliphatic carbocycles. The lowest BCUT2D eigenvalue weighted by molar-refractivity contribution is -0.134. The third-order valence-electron chi connectivity index (χ3n) is 5.91. The Bertz CT molecular complexity index is 1070. The Morgan fingerprint density at radius 2 is 1.80 bits per heavy atom.